The van der Waals surface area contributed by atoms with Gasteiger partial charge in [0.05, 0.1) is 0 Å². The van der Waals surface area contributed by atoms with Crippen molar-refractivity contribution in [2.75, 3.05) is 12.1 Å². The third kappa shape index (κ3) is 2.17. The Morgan fingerprint density at radius 2 is 1.81 bits per heavy atom. The van der Waals surface area contributed by atoms with Crippen LogP contribution >= 0.6 is 15.9 Å². The van der Waals surface area contributed by atoms with Crippen molar-refractivity contribution in [1.82, 2.24) is 0 Å². The van der Waals surface area contributed by atoms with Gasteiger partial charge in [0.2, 0.25) is 12.7 Å². The summed E-state index contributed by atoms with van der Waals surface area (Å²) in [5.41, 5.74) is 3.00. The smallest absolute Gasteiger partial charge is 0.231 e. The lowest BCUT2D eigenvalue weighted by Crippen LogP contribution is -2.23. The number of nitrogens with one attached hydrogen (secondary N) is 1. The number of carbonyl (C=O) groups excluding carboxylic acids is 1. The van der Waals surface area contributed by atoms with Crippen molar-refractivity contribution in [3.05, 3.63) is 52.0 Å². The molecular weight excluding hydrogens is 334 g/mol. The summed E-state index contributed by atoms with van der Waals surface area (Å²) in [6, 6.07) is 11.9. The number of hydrogen-bond acceptors (Lipinski definition) is 3. The lowest BCUT2D eigenvalue weighted by atomic mass is 9.84. The van der Waals surface area contributed by atoms with Crippen LogP contribution in [0.4, 0.5) is 5.69 Å². The van der Waals surface area contributed by atoms with Crippen molar-refractivity contribution in [2.24, 2.45) is 0 Å². The summed E-state index contributed by atoms with van der Waals surface area (Å²) in [5, 5.41) is 2.92. The number of fused-ring (bicyclic) bond motifs is 2. The molecule has 0 saturated heterocycles. The van der Waals surface area contributed by atoms with Crippen LogP contribution in [0.3, 0.4) is 0 Å². The van der Waals surface area contributed by atoms with Crippen LogP contribution in [0.2, 0.25) is 0 Å². The number of anilines is 1. The second-order valence-electron chi connectivity index (χ2n) is 5.15. The van der Waals surface area contributed by atoms with Gasteiger partial charge in [0.25, 0.3) is 0 Å². The molecule has 0 spiro atoms. The van der Waals surface area contributed by atoms with E-state index in [0.717, 1.165) is 27.0 Å². The maximum atomic E-state index is 12.0. The standard InChI is InChI=1S/C16H12BrNO3/c17-10-3-1-9(2-4-10)11-6-16(19)18-13-7-15-14(5-12(11)13)20-8-21-15/h1-5,7,11H,6,8H2,(H,18,19)/t11-/m1/s1. The first-order valence-electron chi connectivity index (χ1n) is 6.69. The van der Waals surface area contributed by atoms with Gasteiger partial charge in [0.15, 0.2) is 11.5 Å². The molecule has 0 aliphatic carbocycles. The number of rotatable bonds is 1. The highest BCUT2D eigenvalue weighted by Gasteiger charge is 2.29. The quantitative estimate of drug-likeness (QED) is 0.857. The highest BCUT2D eigenvalue weighted by atomic mass is 79.9. The largest absolute Gasteiger partial charge is 0.454 e. The fourth-order valence-corrected chi connectivity index (χ4v) is 3.11. The zero-order chi connectivity index (χ0) is 14.4. The second-order valence-corrected chi connectivity index (χ2v) is 6.06. The van der Waals surface area contributed by atoms with E-state index in [9.17, 15) is 4.79 Å². The Bertz CT molecular complexity index is 727. The highest BCUT2D eigenvalue weighted by Crippen LogP contribution is 2.44. The van der Waals surface area contributed by atoms with Gasteiger partial charge in [-0.05, 0) is 29.3 Å². The Kier molecular flexibility index (Phi) is 2.89. The Labute approximate surface area is 130 Å². The van der Waals surface area contributed by atoms with E-state index in [2.05, 4.69) is 21.2 Å². The lowest BCUT2D eigenvalue weighted by molar-refractivity contribution is -0.116. The first-order valence-corrected chi connectivity index (χ1v) is 7.49. The van der Waals surface area contributed by atoms with E-state index in [1.165, 1.54) is 0 Å². The van der Waals surface area contributed by atoms with E-state index in [4.69, 9.17) is 9.47 Å². The van der Waals surface area contributed by atoms with Gasteiger partial charge in [0, 0.05) is 28.6 Å². The van der Waals surface area contributed by atoms with Crippen molar-refractivity contribution in [2.45, 2.75) is 12.3 Å². The first-order chi connectivity index (χ1) is 10.2. The molecule has 4 rings (SSSR count). The number of carbonyl (C=O) groups is 1. The molecule has 0 radical (unpaired) electrons. The molecule has 0 aromatic heterocycles. The number of ether oxygens (including phenoxy) is 2. The van der Waals surface area contributed by atoms with Crippen LogP contribution in [0.1, 0.15) is 23.5 Å². The van der Waals surface area contributed by atoms with Gasteiger partial charge in [0.1, 0.15) is 0 Å². The molecule has 2 aliphatic heterocycles. The van der Waals surface area contributed by atoms with E-state index < -0.39 is 0 Å². The summed E-state index contributed by atoms with van der Waals surface area (Å²) < 4.78 is 11.9. The van der Waals surface area contributed by atoms with Crippen molar-refractivity contribution >= 4 is 27.5 Å². The number of halogens is 1. The van der Waals surface area contributed by atoms with E-state index in [0.29, 0.717) is 12.2 Å². The normalized spacial score (nSPS) is 19.1. The fraction of sp³-hybridized carbons (Fsp3) is 0.188. The van der Waals surface area contributed by atoms with Gasteiger partial charge in [-0.1, -0.05) is 28.1 Å². The van der Waals surface area contributed by atoms with Gasteiger partial charge in [-0.15, -0.1) is 0 Å². The number of benzene rings is 2. The molecule has 0 bridgehead atoms. The number of hydrogen-bond donors (Lipinski definition) is 1. The molecule has 2 heterocycles. The fourth-order valence-electron chi connectivity index (χ4n) is 2.84. The van der Waals surface area contributed by atoms with Gasteiger partial charge in [-0.3, -0.25) is 4.79 Å². The van der Waals surface area contributed by atoms with Crippen LogP contribution in [0.5, 0.6) is 11.5 Å². The summed E-state index contributed by atoms with van der Waals surface area (Å²) in [4.78, 5) is 12.0. The maximum absolute atomic E-state index is 12.0. The van der Waals surface area contributed by atoms with Crippen LogP contribution < -0.4 is 14.8 Å². The predicted octanol–water partition coefficient (Wildman–Crippen LogP) is 3.65. The molecule has 1 atom stereocenters. The van der Waals surface area contributed by atoms with Crippen LogP contribution in [-0.4, -0.2) is 12.7 Å². The summed E-state index contributed by atoms with van der Waals surface area (Å²) in [5.74, 6) is 1.49. The zero-order valence-electron chi connectivity index (χ0n) is 11.1. The molecule has 0 saturated carbocycles. The molecule has 4 nitrogen and oxygen atoms in total. The van der Waals surface area contributed by atoms with Crippen LogP contribution in [0, 0.1) is 0 Å². The summed E-state index contributed by atoms with van der Waals surface area (Å²) in [6.07, 6.45) is 0.439. The Morgan fingerprint density at radius 1 is 1.10 bits per heavy atom. The minimum atomic E-state index is 0.0225. The molecule has 1 amide bonds. The molecule has 21 heavy (non-hydrogen) atoms. The van der Waals surface area contributed by atoms with Gasteiger partial charge in [-0.25, -0.2) is 0 Å². The average molecular weight is 346 g/mol. The van der Waals surface area contributed by atoms with E-state index in [1.54, 1.807) is 0 Å². The monoisotopic (exact) mass is 345 g/mol. The van der Waals surface area contributed by atoms with Crippen LogP contribution in [0.25, 0.3) is 0 Å². The van der Waals surface area contributed by atoms with Crippen molar-refractivity contribution in [1.29, 1.82) is 0 Å². The highest BCUT2D eigenvalue weighted by molar-refractivity contribution is 9.10. The van der Waals surface area contributed by atoms with Gasteiger partial charge in [-0.2, -0.15) is 0 Å². The summed E-state index contributed by atoms with van der Waals surface area (Å²) >= 11 is 3.44. The Balaban J connectivity index is 1.83. The Morgan fingerprint density at radius 3 is 2.57 bits per heavy atom. The van der Waals surface area contributed by atoms with Crippen LogP contribution in [0.15, 0.2) is 40.9 Å². The average Bonchev–Trinajstić information content (AvgIpc) is 2.92. The SMILES string of the molecule is O=C1C[C@H](c2ccc(Br)cc2)c2cc3c(cc2N1)OCO3. The number of amides is 1. The first kappa shape index (κ1) is 12.7. The topological polar surface area (TPSA) is 47.6 Å². The van der Waals surface area contributed by atoms with E-state index in [1.807, 2.05) is 36.4 Å². The minimum Gasteiger partial charge on any atom is -0.454 e. The lowest BCUT2D eigenvalue weighted by Gasteiger charge is -2.26. The Hall–Kier alpha value is -2.01. The molecule has 0 fully saturated rings. The molecule has 106 valence electrons. The summed E-state index contributed by atoms with van der Waals surface area (Å²) in [6.45, 7) is 0.231. The van der Waals surface area contributed by atoms with Crippen molar-refractivity contribution in [3.8, 4) is 11.5 Å². The third-order valence-corrected chi connectivity index (χ3v) is 4.38. The van der Waals surface area contributed by atoms with Gasteiger partial charge >= 0.3 is 0 Å². The van der Waals surface area contributed by atoms with Crippen molar-refractivity contribution < 1.29 is 14.3 Å². The van der Waals surface area contributed by atoms with E-state index in [-0.39, 0.29) is 18.6 Å². The predicted molar refractivity (Wildman–Crippen MR) is 81.8 cm³/mol. The van der Waals surface area contributed by atoms with E-state index >= 15 is 0 Å². The minimum absolute atomic E-state index is 0.0225. The molecule has 2 aromatic carbocycles. The molecule has 2 aromatic rings. The molecule has 1 N–H and O–H groups in total. The molecule has 2 aliphatic rings. The van der Waals surface area contributed by atoms with Crippen molar-refractivity contribution in [3.63, 3.8) is 0 Å². The zero-order valence-corrected chi connectivity index (χ0v) is 12.6. The summed E-state index contributed by atoms with van der Waals surface area (Å²) in [7, 11) is 0. The van der Waals surface area contributed by atoms with Crippen LogP contribution in [-0.2, 0) is 4.79 Å². The van der Waals surface area contributed by atoms with Gasteiger partial charge < -0.3 is 14.8 Å². The third-order valence-electron chi connectivity index (χ3n) is 3.86. The molecule has 5 heteroatoms. The second kappa shape index (κ2) is 4.77. The molecule has 0 unspecified atom stereocenters. The maximum Gasteiger partial charge on any atom is 0.231 e. The molecular formula is C16H12BrNO3.